The lowest BCUT2D eigenvalue weighted by molar-refractivity contribution is 0.470. The van der Waals surface area contributed by atoms with Crippen LogP contribution in [0.3, 0.4) is 0 Å². The molecule has 0 fully saturated rings. The van der Waals surface area contributed by atoms with Gasteiger partial charge in [0.2, 0.25) is 0 Å². The van der Waals surface area contributed by atoms with Crippen molar-refractivity contribution in [3.63, 3.8) is 0 Å². The van der Waals surface area contributed by atoms with E-state index < -0.39 is 0 Å². The van der Waals surface area contributed by atoms with Crippen LogP contribution in [0.25, 0.3) is 11.3 Å². The van der Waals surface area contributed by atoms with Gasteiger partial charge in [0.05, 0.1) is 6.04 Å². The molecule has 0 spiro atoms. The van der Waals surface area contributed by atoms with E-state index in [0.29, 0.717) is 0 Å². The number of hydrogen-bond acceptors (Lipinski definition) is 2. The van der Waals surface area contributed by atoms with Gasteiger partial charge in [0.1, 0.15) is 11.5 Å². The van der Waals surface area contributed by atoms with E-state index in [-0.39, 0.29) is 6.04 Å². The molecule has 0 saturated carbocycles. The van der Waals surface area contributed by atoms with Gasteiger partial charge in [-0.3, -0.25) is 0 Å². The van der Waals surface area contributed by atoms with Gasteiger partial charge in [0.25, 0.3) is 0 Å². The predicted octanol–water partition coefficient (Wildman–Crippen LogP) is 3.96. The van der Waals surface area contributed by atoms with Crippen LogP contribution in [-0.2, 0) is 0 Å². The molecule has 16 heavy (non-hydrogen) atoms. The number of benzene rings is 1. The maximum atomic E-state index is 5.92. The third kappa shape index (κ3) is 2.47. The van der Waals surface area contributed by atoms with Crippen molar-refractivity contribution in [1.29, 1.82) is 0 Å². The molecule has 1 unspecified atom stereocenters. The molecule has 84 valence electrons. The van der Waals surface area contributed by atoms with E-state index in [1.165, 1.54) is 3.57 Å². The van der Waals surface area contributed by atoms with Gasteiger partial charge < -0.3 is 10.2 Å². The Morgan fingerprint density at radius 3 is 2.81 bits per heavy atom. The molecule has 2 rings (SSSR count). The van der Waals surface area contributed by atoms with E-state index in [0.717, 1.165) is 23.5 Å². The highest BCUT2D eigenvalue weighted by Crippen LogP contribution is 2.26. The van der Waals surface area contributed by atoms with Gasteiger partial charge in [-0.15, -0.1) is 0 Å². The second-order valence-corrected chi connectivity index (χ2v) is 4.97. The number of nitrogens with two attached hydrogens (primary N) is 1. The van der Waals surface area contributed by atoms with Crippen LogP contribution < -0.4 is 5.73 Å². The minimum atomic E-state index is -0.00321. The van der Waals surface area contributed by atoms with Crippen molar-refractivity contribution in [2.24, 2.45) is 5.73 Å². The number of rotatable bonds is 3. The minimum absolute atomic E-state index is 0.00321. The summed E-state index contributed by atoms with van der Waals surface area (Å²) in [6.07, 6.45) is 0.888. The van der Waals surface area contributed by atoms with E-state index >= 15 is 0 Å². The highest BCUT2D eigenvalue weighted by Gasteiger charge is 2.10. The molecule has 0 saturated heterocycles. The molecule has 1 aromatic heterocycles. The predicted molar refractivity (Wildman–Crippen MR) is 74.1 cm³/mol. The average molecular weight is 327 g/mol. The van der Waals surface area contributed by atoms with E-state index in [2.05, 4.69) is 41.6 Å². The quantitative estimate of drug-likeness (QED) is 0.867. The summed E-state index contributed by atoms with van der Waals surface area (Å²) in [5.74, 6) is 1.74. The Balaban J connectivity index is 2.31. The second-order valence-electron chi connectivity index (χ2n) is 3.73. The smallest absolute Gasteiger partial charge is 0.134 e. The lowest BCUT2D eigenvalue weighted by Gasteiger charge is -2.04. The van der Waals surface area contributed by atoms with Crippen LogP contribution in [0.15, 0.2) is 40.8 Å². The summed E-state index contributed by atoms with van der Waals surface area (Å²) < 4.78 is 6.95. The Hall–Kier alpha value is -0.810. The summed E-state index contributed by atoms with van der Waals surface area (Å²) in [4.78, 5) is 0. The first-order valence-electron chi connectivity index (χ1n) is 5.32. The summed E-state index contributed by atoms with van der Waals surface area (Å²) in [6, 6.07) is 12.2. The molecule has 1 heterocycles. The van der Waals surface area contributed by atoms with Crippen LogP contribution in [0.2, 0.25) is 0 Å². The SMILES string of the molecule is CCC(N)c1ccc(-c2cccc(I)c2)o1. The molecule has 3 heteroatoms. The zero-order valence-electron chi connectivity index (χ0n) is 9.11. The molecule has 0 amide bonds. The van der Waals surface area contributed by atoms with Crippen molar-refractivity contribution < 1.29 is 4.42 Å². The molecular weight excluding hydrogens is 313 g/mol. The molecule has 0 aliphatic heterocycles. The molecule has 2 aromatic rings. The van der Waals surface area contributed by atoms with E-state index in [1.54, 1.807) is 0 Å². The van der Waals surface area contributed by atoms with Crippen molar-refractivity contribution >= 4 is 22.6 Å². The van der Waals surface area contributed by atoms with Crippen LogP contribution in [0.5, 0.6) is 0 Å². The van der Waals surface area contributed by atoms with Gasteiger partial charge in [-0.05, 0) is 53.3 Å². The highest BCUT2D eigenvalue weighted by molar-refractivity contribution is 14.1. The normalized spacial score (nSPS) is 12.7. The molecule has 2 nitrogen and oxygen atoms in total. The first-order chi connectivity index (χ1) is 7.70. The van der Waals surface area contributed by atoms with Gasteiger partial charge in [-0.1, -0.05) is 19.1 Å². The van der Waals surface area contributed by atoms with Crippen LogP contribution in [0, 0.1) is 3.57 Å². The third-order valence-corrected chi connectivity index (χ3v) is 3.21. The summed E-state index contributed by atoms with van der Waals surface area (Å²) in [7, 11) is 0. The Bertz CT molecular complexity index is 478. The van der Waals surface area contributed by atoms with Gasteiger partial charge in [-0.2, -0.15) is 0 Å². The zero-order chi connectivity index (χ0) is 11.5. The van der Waals surface area contributed by atoms with E-state index in [1.807, 2.05) is 24.3 Å². The second kappa shape index (κ2) is 5.01. The molecule has 0 radical (unpaired) electrons. The number of hydrogen-bond donors (Lipinski definition) is 1. The summed E-state index contributed by atoms with van der Waals surface area (Å²) in [5.41, 5.74) is 7.02. The fourth-order valence-electron chi connectivity index (χ4n) is 1.55. The lowest BCUT2D eigenvalue weighted by atomic mass is 10.2. The van der Waals surface area contributed by atoms with Crippen molar-refractivity contribution in [3.8, 4) is 11.3 Å². The van der Waals surface area contributed by atoms with Crippen LogP contribution in [-0.4, -0.2) is 0 Å². The highest BCUT2D eigenvalue weighted by atomic mass is 127. The fourth-order valence-corrected chi connectivity index (χ4v) is 2.09. The minimum Gasteiger partial charge on any atom is -0.459 e. The first kappa shape index (κ1) is 11.7. The standard InChI is InChI=1S/C13H14INO/c1-2-11(15)13-7-6-12(16-13)9-4-3-5-10(14)8-9/h3-8,11H,2,15H2,1H3. The maximum absolute atomic E-state index is 5.92. The fraction of sp³-hybridized carbons (Fsp3) is 0.231. The Morgan fingerprint density at radius 2 is 2.12 bits per heavy atom. The summed E-state index contributed by atoms with van der Waals surface area (Å²) in [5, 5.41) is 0. The zero-order valence-corrected chi connectivity index (χ0v) is 11.3. The maximum Gasteiger partial charge on any atom is 0.134 e. The molecule has 0 aliphatic rings. The molecule has 0 aliphatic carbocycles. The average Bonchev–Trinajstić information content (AvgIpc) is 2.77. The molecule has 0 bridgehead atoms. The van der Waals surface area contributed by atoms with Crippen LogP contribution in [0.1, 0.15) is 25.1 Å². The Labute approximate surface area is 109 Å². The monoisotopic (exact) mass is 327 g/mol. The number of furan rings is 1. The van der Waals surface area contributed by atoms with Gasteiger partial charge in [-0.25, -0.2) is 0 Å². The molecule has 1 aromatic carbocycles. The molecule has 1 atom stereocenters. The Kier molecular flexibility index (Phi) is 3.66. The summed E-state index contributed by atoms with van der Waals surface area (Å²) >= 11 is 2.29. The topological polar surface area (TPSA) is 39.2 Å². The van der Waals surface area contributed by atoms with Crippen molar-refractivity contribution in [1.82, 2.24) is 0 Å². The van der Waals surface area contributed by atoms with Gasteiger partial charge in [0.15, 0.2) is 0 Å². The molecule has 2 N–H and O–H groups in total. The van der Waals surface area contributed by atoms with Crippen molar-refractivity contribution in [3.05, 3.63) is 45.7 Å². The van der Waals surface area contributed by atoms with Crippen molar-refractivity contribution in [2.75, 3.05) is 0 Å². The van der Waals surface area contributed by atoms with E-state index in [9.17, 15) is 0 Å². The van der Waals surface area contributed by atoms with Gasteiger partial charge >= 0.3 is 0 Å². The van der Waals surface area contributed by atoms with Gasteiger partial charge in [0, 0.05) is 9.13 Å². The van der Waals surface area contributed by atoms with Crippen LogP contribution in [0.4, 0.5) is 0 Å². The first-order valence-corrected chi connectivity index (χ1v) is 6.40. The lowest BCUT2D eigenvalue weighted by Crippen LogP contribution is -2.06. The largest absolute Gasteiger partial charge is 0.459 e. The van der Waals surface area contributed by atoms with Crippen molar-refractivity contribution in [2.45, 2.75) is 19.4 Å². The summed E-state index contributed by atoms with van der Waals surface area (Å²) in [6.45, 7) is 2.05. The third-order valence-electron chi connectivity index (χ3n) is 2.54. The number of halogens is 1. The van der Waals surface area contributed by atoms with Crippen LogP contribution >= 0.6 is 22.6 Å². The Morgan fingerprint density at radius 1 is 1.31 bits per heavy atom. The molecular formula is C13H14INO. The van der Waals surface area contributed by atoms with E-state index in [4.69, 9.17) is 10.2 Å².